The van der Waals surface area contributed by atoms with Gasteiger partial charge >= 0.3 is 6.03 Å². The lowest BCUT2D eigenvalue weighted by molar-refractivity contribution is 0.0383. The SMILES string of the molecule is Cc1ccc(CN2CCCN(c3cccc(C(=O)NCCN4CCOCC4)c3)C2=O)cc1. The van der Waals surface area contributed by atoms with Gasteiger partial charge in [0.15, 0.2) is 0 Å². The van der Waals surface area contributed by atoms with Crippen molar-refractivity contribution in [2.75, 3.05) is 57.4 Å². The summed E-state index contributed by atoms with van der Waals surface area (Å²) in [7, 11) is 0. The number of aryl methyl sites for hydroxylation is 1. The minimum Gasteiger partial charge on any atom is -0.379 e. The summed E-state index contributed by atoms with van der Waals surface area (Å²) in [6.45, 7) is 8.77. The second kappa shape index (κ2) is 10.6. The van der Waals surface area contributed by atoms with E-state index in [0.717, 1.165) is 57.1 Å². The van der Waals surface area contributed by atoms with E-state index in [2.05, 4.69) is 41.4 Å². The molecular formula is C25H32N4O3. The molecule has 2 fully saturated rings. The van der Waals surface area contributed by atoms with Crippen molar-refractivity contribution < 1.29 is 14.3 Å². The Morgan fingerprint density at radius 1 is 1.03 bits per heavy atom. The molecule has 4 rings (SSSR count). The normalized spacial score (nSPS) is 17.5. The number of nitrogens with one attached hydrogen (secondary N) is 1. The zero-order valence-electron chi connectivity index (χ0n) is 18.8. The maximum Gasteiger partial charge on any atom is 0.324 e. The van der Waals surface area contributed by atoms with Crippen molar-refractivity contribution in [2.24, 2.45) is 0 Å². The van der Waals surface area contributed by atoms with Crippen LogP contribution >= 0.6 is 0 Å². The van der Waals surface area contributed by atoms with Gasteiger partial charge in [0.1, 0.15) is 0 Å². The number of amides is 3. The number of urea groups is 1. The van der Waals surface area contributed by atoms with Gasteiger partial charge in [-0.15, -0.1) is 0 Å². The lowest BCUT2D eigenvalue weighted by Gasteiger charge is -2.36. The molecule has 2 aliphatic rings. The lowest BCUT2D eigenvalue weighted by Crippen LogP contribution is -2.49. The summed E-state index contributed by atoms with van der Waals surface area (Å²) < 4.78 is 5.36. The van der Waals surface area contributed by atoms with E-state index in [9.17, 15) is 9.59 Å². The van der Waals surface area contributed by atoms with E-state index in [1.165, 1.54) is 5.56 Å². The molecule has 2 aromatic carbocycles. The van der Waals surface area contributed by atoms with E-state index in [1.807, 2.05) is 23.1 Å². The van der Waals surface area contributed by atoms with Crippen LogP contribution in [-0.4, -0.2) is 74.2 Å². The van der Waals surface area contributed by atoms with Crippen molar-refractivity contribution >= 4 is 17.6 Å². The van der Waals surface area contributed by atoms with Crippen LogP contribution in [-0.2, 0) is 11.3 Å². The molecule has 2 saturated heterocycles. The molecule has 0 unspecified atom stereocenters. The summed E-state index contributed by atoms with van der Waals surface area (Å²) in [6, 6.07) is 15.6. The highest BCUT2D eigenvalue weighted by atomic mass is 16.5. The van der Waals surface area contributed by atoms with Gasteiger partial charge < -0.3 is 15.0 Å². The highest BCUT2D eigenvalue weighted by Crippen LogP contribution is 2.23. The molecule has 0 radical (unpaired) electrons. The first-order valence-corrected chi connectivity index (χ1v) is 11.4. The molecular weight excluding hydrogens is 404 g/mol. The molecule has 2 aromatic rings. The molecule has 7 heteroatoms. The second-order valence-corrected chi connectivity index (χ2v) is 8.46. The monoisotopic (exact) mass is 436 g/mol. The van der Waals surface area contributed by atoms with Gasteiger partial charge in [0.2, 0.25) is 0 Å². The maximum atomic E-state index is 13.2. The predicted molar refractivity (Wildman–Crippen MR) is 125 cm³/mol. The van der Waals surface area contributed by atoms with Crippen LogP contribution in [0.15, 0.2) is 48.5 Å². The zero-order valence-corrected chi connectivity index (χ0v) is 18.8. The smallest absolute Gasteiger partial charge is 0.324 e. The molecule has 170 valence electrons. The fourth-order valence-corrected chi connectivity index (χ4v) is 4.15. The molecule has 7 nitrogen and oxygen atoms in total. The molecule has 0 bridgehead atoms. The van der Waals surface area contributed by atoms with Crippen LogP contribution in [0.3, 0.4) is 0 Å². The number of rotatable bonds is 7. The Morgan fingerprint density at radius 2 is 1.81 bits per heavy atom. The van der Waals surface area contributed by atoms with E-state index in [1.54, 1.807) is 11.0 Å². The average molecular weight is 437 g/mol. The first-order chi connectivity index (χ1) is 15.6. The first kappa shape index (κ1) is 22.3. The Balaban J connectivity index is 1.36. The number of ether oxygens (including phenoxy) is 1. The molecule has 2 aliphatic heterocycles. The number of carbonyl (C=O) groups excluding carboxylic acids is 2. The van der Waals surface area contributed by atoms with Gasteiger partial charge in [0.05, 0.1) is 13.2 Å². The molecule has 3 amide bonds. The summed E-state index contributed by atoms with van der Waals surface area (Å²) in [5.41, 5.74) is 3.68. The third-order valence-corrected chi connectivity index (χ3v) is 6.04. The van der Waals surface area contributed by atoms with Crippen molar-refractivity contribution in [3.63, 3.8) is 0 Å². The molecule has 0 atom stereocenters. The summed E-state index contributed by atoms with van der Waals surface area (Å²) in [5, 5.41) is 3.00. The van der Waals surface area contributed by atoms with Crippen molar-refractivity contribution in [1.82, 2.24) is 15.1 Å². The highest BCUT2D eigenvalue weighted by molar-refractivity contribution is 5.98. The van der Waals surface area contributed by atoms with E-state index in [-0.39, 0.29) is 11.9 Å². The van der Waals surface area contributed by atoms with Gasteiger partial charge in [0.25, 0.3) is 5.91 Å². The quantitative estimate of drug-likeness (QED) is 0.725. The number of carbonyl (C=O) groups is 2. The second-order valence-electron chi connectivity index (χ2n) is 8.46. The van der Waals surface area contributed by atoms with Gasteiger partial charge in [0, 0.05) is 57.1 Å². The molecule has 0 saturated carbocycles. The number of anilines is 1. The summed E-state index contributed by atoms with van der Waals surface area (Å²) >= 11 is 0. The van der Waals surface area contributed by atoms with Crippen molar-refractivity contribution in [3.05, 3.63) is 65.2 Å². The van der Waals surface area contributed by atoms with Crippen LogP contribution in [0.25, 0.3) is 0 Å². The molecule has 32 heavy (non-hydrogen) atoms. The minimum absolute atomic E-state index is 0.0123. The van der Waals surface area contributed by atoms with E-state index < -0.39 is 0 Å². The Hall–Kier alpha value is -2.90. The van der Waals surface area contributed by atoms with Crippen molar-refractivity contribution in [2.45, 2.75) is 19.9 Å². The van der Waals surface area contributed by atoms with Gasteiger partial charge in [-0.2, -0.15) is 0 Å². The van der Waals surface area contributed by atoms with Crippen LogP contribution in [0.5, 0.6) is 0 Å². The summed E-state index contributed by atoms with van der Waals surface area (Å²) in [5.74, 6) is -0.110. The van der Waals surface area contributed by atoms with E-state index in [4.69, 9.17) is 4.74 Å². The Kier molecular flexibility index (Phi) is 7.39. The fourth-order valence-electron chi connectivity index (χ4n) is 4.15. The van der Waals surface area contributed by atoms with E-state index in [0.29, 0.717) is 25.2 Å². The van der Waals surface area contributed by atoms with Crippen LogP contribution in [0.4, 0.5) is 10.5 Å². The maximum absolute atomic E-state index is 13.2. The number of hydrogen-bond acceptors (Lipinski definition) is 4. The Morgan fingerprint density at radius 3 is 2.59 bits per heavy atom. The number of hydrogen-bond donors (Lipinski definition) is 1. The lowest BCUT2D eigenvalue weighted by atomic mass is 10.1. The standard InChI is InChI=1S/C25H32N4O3/c1-20-6-8-21(9-7-20)19-28-11-3-12-29(25(28)31)23-5-2-4-22(18-23)24(30)26-10-13-27-14-16-32-17-15-27/h2,4-9,18H,3,10-17,19H2,1H3,(H,26,30). The van der Waals surface area contributed by atoms with Gasteiger partial charge in [-0.05, 0) is 37.1 Å². The van der Waals surface area contributed by atoms with Gasteiger partial charge in [-0.3, -0.25) is 14.6 Å². The van der Waals surface area contributed by atoms with Crippen LogP contribution in [0.2, 0.25) is 0 Å². The third kappa shape index (κ3) is 5.66. The van der Waals surface area contributed by atoms with Crippen molar-refractivity contribution in [1.29, 1.82) is 0 Å². The van der Waals surface area contributed by atoms with Crippen LogP contribution in [0, 0.1) is 6.92 Å². The molecule has 1 N–H and O–H groups in total. The van der Waals surface area contributed by atoms with E-state index >= 15 is 0 Å². The number of morpholine rings is 1. The molecule has 0 spiro atoms. The minimum atomic E-state index is -0.110. The topological polar surface area (TPSA) is 65.1 Å². The van der Waals surface area contributed by atoms with Gasteiger partial charge in [-0.1, -0.05) is 35.9 Å². The Bertz CT molecular complexity index is 925. The van der Waals surface area contributed by atoms with Gasteiger partial charge in [-0.25, -0.2) is 4.79 Å². The third-order valence-electron chi connectivity index (χ3n) is 6.04. The predicted octanol–water partition coefficient (Wildman–Crippen LogP) is 2.89. The highest BCUT2D eigenvalue weighted by Gasteiger charge is 2.27. The van der Waals surface area contributed by atoms with Crippen LogP contribution < -0.4 is 10.2 Å². The van der Waals surface area contributed by atoms with Crippen molar-refractivity contribution in [3.8, 4) is 0 Å². The first-order valence-electron chi connectivity index (χ1n) is 11.4. The molecule has 0 aromatic heterocycles. The molecule has 2 heterocycles. The van der Waals surface area contributed by atoms with Crippen LogP contribution in [0.1, 0.15) is 27.9 Å². The zero-order chi connectivity index (χ0) is 22.3. The molecule has 0 aliphatic carbocycles. The largest absolute Gasteiger partial charge is 0.379 e. The summed E-state index contributed by atoms with van der Waals surface area (Å²) in [6.07, 6.45) is 0.896. The average Bonchev–Trinajstić information content (AvgIpc) is 2.82. The Labute approximate surface area is 189 Å². The number of benzene rings is 2. The fraction of sp³-hybridized carbons (Fsp3) is 0.440. The summed E-state index contributed by atoms with van der Waals surface area (Å²) in [4.78, 5) is 31.8. The number of nitrogens with zero attached hydrogens (tertiary/aromatic N) is 3.